The third-order valence-electron chi connectivity index (χ3n) is 6.27. The van der Waals surface area contributed by atoms with E-state index in [9.17, 15) is 19.8 Å². The molecule has 1 aliphatic heterocycles. The van der Waals surface area contributed by atoms with Gasteiger partial charge in [-0.25, -0.2) is 4.79 Å². The summed E-state index contributed by atoms with van der Waals surface area (Å²) >= 11 is 0. The fourth-order valence-corrected chi connectivity index (χ4v) is 4.66. The molecule has 0 spiro atoms. The average Bonchev–Trinajstić information content (AvgIpc) is 3.44. The number of phenols is 1. The van der Waals surface area contributed by atoms with Crippen molar-refractivity contribution in [1.29, 1.82) is 0 Å². The topological polar surface area (TPSA) is 102 Å². The first kappa shape index (κ1) is 20.8. The van der Waals surface area contributed by atoms with Crippen molar-refractivity contribution in [3.8, 4) is 16.9 Å². The van der Waals surface area contributed by atoms with Gasteiger partial charge in [-0.2, -0.15) is 5.10 Å². The minimum Gasteiger partial charge on any atom is -0.505 e. The summed E-state index contributed by atoms with van der Waals surface area (Å²) in [4.78, 5) is 26.5. The van der Waals surface area contributed by atoms with E-state index in [4.69, 9.17) is 0 Å². The van der Waals surface area contributed by atoms with Crippen molar-refractivity contribution in [2.75, 3.05) is 10.3 Å². The predicted octanol–water partition coefficient (Wildman–Crippen LogP) is 4.86. The lowest BCUT2D eigenvalue weighted by Crippen LogP contribution is -2.38. The van der Waals surface area contributed by atoms with Crippen LogP contribution in [0.15, 0.2) is 71.8 Å². The second kappa shape index (κ2) is 8.43. The first-order valence-corrected chi connectivity index (χ1v) is 11.0. The standard InChI is InChI=1S/C26H23N3O4/c30-24-19(16-7-5-8-17(15-16)26(32)33)12-6-13-21(24)27-28-23-20-11-3-4-14-22(20)29(25(23)31)18-9-1-2-10-18/h3-8,11-15,18,27,30H,1-2,9-10H2,(H,32,33)/b28-23-. The van der Waals surface area contributed by atoms with E-state index < -0.39 is 5.97 Å². The third-order valence-corrected chi connectivity index (χ3v) is 6.27. The Bertz CT molecular complexity index is 1280. The molecule has 33 heavy (non-hydrogen) atoms. The molecule has 1 amide bonds. The molecule has 1 heterocycles. The first-order valence-electron chi connectivity index (χ1n) is 11.0. The van der Waals surface area contributed by atoms with E-state index in [2.05, 4.69) is 10.5 Å². The van der Waals surface area contributed by atoms with Crippen LogP contribution in [0.4, 0.5) is 11.4 Å². The molecule has 2 aliphatic rings. The van der Waals surface area contributed by atoms with E-state index in [0.29, 0.717) is 22.5 Å². The summed E-state index contributed by atoms with van der Waals surface area (Å²) in [6.45, 7) is 0. The Morgan fingerprint density at radius 3 is 2.48 bits per heavy atom. The van der Waals surface area contributed by atoms with Gasteiger partial charge in [0.05, 0.1) is 16.9 Å². The van der Waals surface area contributed by atoms with Crippen molar-refractivity contribution in [2.45, 2.75) is 31.7 Å². The number of anilines is 2. The molecule has 7 heteroatoms. The molecule has 3 aromatic carbocycles. The maximum atomic E-state index is 13.3. The summed E-state index contributed by atoms with van der Waals surface area (Å²) in [5, 5.41) is 24.5. The first-order chi connectivity index (χ1) is 16.0. The summed E-state index contributed by atoms with van der Waals surface area (Å²) in [6, 6.07) is 19.3. The number of hydrogen-bond donors (Lipinski definition) is 3. The van der Waals surface area contributed by atoms with Gasteiger partial charge in [-0.05, 0) is 42.7 Å². The molecule has 1 aliphatic carbocycles. The number of carboxylic acids is 1. The molecule has 1 fully saturated rings. The van der Waals surface area contributed by atoms with Crippen molar-refractivity contribution >= 4 is 29.0 Å². The van der Waals surface area contributed by atoms with E-state index in [1.165, 1.54) is 12.1 Å². The number of phenolic OH excluding ortho intramolecular Hbond substituents is 1. The lowest BCUT2D eigenvalue weighted by Gasteiger charge is -2.24. The molecule has 3 aromatic rings. The number of fused-ring (bicyclic) bond motifs is 1. The van der Waals surface area contributed by atoms with Crippen molar-refractivity contribution in [3.05, 3.63) is 77.9 Å². The van der Waals surface area contributed by atoms with Gasteiger partial charge in [-0.3, -0.25) is 10.2 Å². The van der Waals surface area contributed by atoms with Gasteiger partial charge in [0.1, 0.15) is 5.75 Å². The number of nitrogens with one attached hydrogen (secondary N) is 1. The number of aromatic hydroxyl groups is 1. The minimum atomic E-state index is -1.04. The van der Waals surface area contributed by atoms with Crippen molar-refractivity contribution in [3.63, 3.8) is 0 Å². The molecule has 1 saturated carbocycles. The highest BCUT2D eigenvalue weighted by atomic mass is 16.4. The molecular formula is C26H23N3O4. The number of rotatable bonds is 5. The molecule has 0 saturated heterocycles. The Morgan fingerprint density at radius 1 is 0.970 bits per heavy atom. The Hall–Kier alpha value is -4.13. The van der Waals surface area contributed by atoms with Gasteiger partial charge in [0.25, 0.3) is 5.91 Å². The van der Waals surface area contributed by atoms with Gasteiger partial charge in [-0.15, -0.1) is 0 Å². The predicted molar refractivity (Wildman–Crippen MR) is 127 cm³/mol. The lowest BCUT2D eigenvalue weighted by molar-refractivity contribution is -0.112. The number of carbonyl (C=O) groups is 2. The molecule has 0 bridgehead atoms. The van der Waals surface area contributed by atoms with Crippen LogP contribution in [-0.2, 0) is 4.79 Å². The van der Waals surface area contributed by atoms with Crippen LogP contribution >= 0.6 is 0 Å². The van der Waals surface area contributed by atoms with Crippen LogP contribution in [0.5, 0.6) is 5.75 Å². The molecule has 0 aromatic heterocycles. The average molecular weight is 441 g/mol. The number of nitrogens with zero attached hydrogens (tertiary/aromatic N) is 2. The quantitative estimate of drug-likeness (QED) is 0.388. The summed E-state index contributed by atoms with van der Waals surface area (Å²) in [5.41, 5.74) is 6.31. The van der Waals surface area contributed by atoms with Crippen LogP contribution in [0.25, 0.3) is 11.1 Å². The highest BCUT2D eigenvalue weighted by Gasteiger charge is 2.39. The summed E-state index contributed by atoms with van der Waals surface area (Å²) in [6.07, 6.45) is 4.20. The molecule has 5 rings (SSSR count). The molecule has 0 radical (unpaired) electrons. The van der Waals surface area contributed by atoms with Gasteiger partial charge in [0, 0.05) is 17.2 Å². The largest absolute Gasteiger partial charge is 0.505 e. The summed E-state index contributed by atoms with van der Waals surface area (Å²) in [7, 11) is 0. The molecule has 3 N–H and O–H groups in total. The second-order valence-corrected chi connectivity index (χ2v) is 8.29. The number of carboxylic acid groups (broad SMARTS) is 1. The van der Waals surface area contributed by atoms with E-state index >= 15 is 0 Å². The van der Waals surface area contributed by atoms with Crippen molar-refractivity contribution < 1.29 is 19.8 Å². The molecule has 0 atom stereocenters. The zero-order valence-corrected chi connectivity index (χ0v) is 17.9. The zero-order valence-electron chi connectivity index (χ0n) is 17.9. The number of amides is 1. The van der Waals surface area contributed by atoms with Crippen LogP contribution < -0.4 is 10.3 Å². The fraction of sp³-hybridized carbons (Fsp3) is 0.192. The number of benzene rings is 3. The van der Waals surface area contributed by atoms with Gasteiger partial charge < -0.3 is 15.1 Å². The lowest BCUT2D eigenvalue weighted by atomic mass is 10.0. The maximum Gasteiger partial charge on any atom is 0.335 e. The Kier molecular flexibility index (Phi) is 5.30. The number of hydrogen-bond acceptors (Lipinski definition) is 5. The van der Waals surface area contributed by atoms with Gasteiger partial charge in [0.2, 0.25) is 0 Å². The number of hydrazone groups is 1. The van der Waals surface area contributed by atoms with Crippen LogP contribution in [0.1, 0.15) is 41.6 Å². The smallest absolute Gasteiger partial charge is 0.335 e. The molecular weight excluding hydrogens is 418 g/mol. The van der Waals surface area contributed by atoms with E-state index in [1.807, 2.05) is 29.2 Å². The Morgan fingerprint density at radius 2 is 1.70 bits per heavy atom. The minimum absolute atomic E-state index is 0.0734. The van der Waals surface area contributed by atoms with E-state index in [1.54, 1.807) is 30.3 Å². The highest BCUT2D eigenvalue weighted by molar-refractivity contribution is 6.54. The summed E-state index contributed by atoms with van der Waals surface area (Å²) in [5.74, 6) is -1.25. The van der Waals surface area contributed by atoms with Gasteiger partial charge >= 0.3 is 5.97 Å². The maximum absolute atomic E-state index is 13.3. The van der Waals surface area contributed by atoms with Crippen LogP contribution in [0.2, 0.25) is 0 Å². The Labute approximate surface area is 191 Å². The van der Waals surface area contributed by atoms with Gasteiger partial charge in [0.15, 0.2) is 5.71 Å². The van der Waals surface area contributed by atoms with Crippen molar-refractivity contribution in [1.82, 2.24) is 0 Å². The third kappa shape index (κ3) is 3.71. The second-order valence-electron chi connectivity index (χ2n) is 8.29. The van der Waals surface area contributed by atoms with E-state index in [0.717, 1.165) is 36.9 Å². The van der Waals surface area contributed by atoms with Gasteiger partial charge in [-0.1, -0.05) is 55.3 Å². The van der Waals surface area contributed by atoms with Crippen LogP contribution in [0, 0.1) is 0 Å². The monoisotopic (exact) mass is 441 g/mol. The SMILES string of the molecule is O=C(O)c1cccc(-c2cccc(N/N=C3\C(=O)N(C4CCCC4)c4ccccc43)c2O)c1. The zero-order chi connectivity index (χ0) is 22.9. The number of para-hydroxylation sites is 2. The highest BCUT2D eigenvalue weighted by Crippen LogP contribution is 2.38. The van der Waals surface area contributed by atoms with Crippen molar-refractivity contribution in [2.24, 2.45) is 5.10 Å². The van der Waals surface area contributed by atoms with Crippen LogP contribution in [0.3, 0.4) is 0 Å². The molecule has 0 unspecified atom stereocenters. The molecule has 7 nitrogen and oxygen atoms in total. The number of carbonyl (C=O) groups excluding carboxylic acids is 1. The summed E-state index contributed by atoms with van der Waals surface area (Å²) < 4.78 is 0. The van der Waals surface area contributed by atoms with Crippen LogP contribution in [-0.4, -0.2) is 33.8 Å². The normalized spacial score (nSPS) is 16.9. The molecule has 166 valence electrons. The number of aromatic carboxylic acids is 1. The van der Waals surface area contributed by atoms with E-state index in [-0.39, 0.29) is 23.3 Å². The Balaban J connectivity index is 1.47. The fourth-order valence-electron chi connectivity index (χ4n) is 4.66.